The normalized spacial score (nSPS) is 13.1. The van der Waals surface area contributed by atoms with Gasteiger partial charge in [0.2, 0.25) is 5.91 Å². The third-order valence-electron chi connectivity index (χ3n) is 10.9. The number of aliphatic hydroxyl groups excluding tert-OH is 2. The highest BCUT2D eigenvalue weighted by atomic mass is 16.5. The number of hydrogen-bond acceptors (Lipinski definition) is 5. The molecule has 1 amide bonds. The Morgan fingerprint density at radius 1 is 0.491 bits per heavy atom. The summed E-state index contributed by atoms with van der Waals surface area (Å²) in [5.41, 5.74) is 0. The highest BCUT2D eigenvalue weighted by Gasteiger charge is 2.19. The molecule has 3 N–H and O–H groups in total. The van der Waals surface area contributed by atoms with E-state index in [0.717, 1.165) is 64.2 Å². The van der Waals surface area contributed by atoms with Gasteiger partial charge in [-0.2, -0.15) is 0 Å². The van der Waals surface area contributed by atoms with Crippen molar-refractivity contribution in [1.29, 1.82) is 0 Å². The fraction of sp³-hybridized carbons (Fsp3) is 0.804. The van der Waals surface area contributed by atoms with Crippen LogP contribution in [0.2, 0.25) is 0 Å². The van der Waals surface area contributed by atoms with Crippen molar-refractivity contribution >= 4 is 11.9 Å². The van der Waals surface area contributed by atoms with Crippen molar-refractivity contribution in [3.63, 3.8) is 0 Å². The fourth-order valence-corrected chi connectivity index (χ4v) is 7.06. The Morgan fingerprint density at radius 3 is 1.42 bits per heavy atom. The second-order valence-corrected chi connectivity index (χ2v) is 16.4. The molecular weight excluding hydrogens is 707 g/mol. The second-order valence-electron chi connectivity index (χ2n) is 16.4. The molecule has 57 heavy (non-hydrogen) atoms. The number of esters is 1. The number of carbonyl (C=O) groups excluding carboxylic acids is 2. The van der Waals surface area contributed by atoms with Crippen LogP contribution in [0.25, 0.3) is 0 Å². The van der Waals surface area contributed by atoms with Gasteiger partial charge in [-0.15, -0.1) is 0 Å². The average Bonchev–Trinajstić information content (AvgIpc) is 3.21. The van der Waals surface area contributed by atoms with E-state index in [-0.39, 0.29) is 18.5 Å². The molecule has 0 radical (unpaired) electrons. The maximum Gasteiger partial charge on any atom is 0.305 e. The van der Waals surface area contributed by atoms with Gasteiger partial charge in [0.05, 0.1) is 25.4 Å². The van der Waals surface area contributed by atoms with Crippen LogP contribution < -0.4 is 5.32 Å². The Labute approximate surface area is 353 Å². The lowest BCUT2D eigenvalue weighted by molar-refractivity contribution is -0.143. The number of hydrogen-bond donors (Lipinski definition) is 3. The first-order valence-electron chi connectivity index (χ1n) is 24.4. The maximum absolute atomic E-state index is 12.4. The number of rotatable bonds is 44. The molecule has 6 heteroatoms. The Morgan fingerprint density at radius 2 is 0.912 bits per heavy atom. The Bertz CT molecular complexity index is 973. The van der Waals surface area contributed by atoms with Gasteiger partial charge < -0.3 is 20.3 Å². The number of allylic oxidation sites excluding steroid dienone is 8. The van der Waals surface area contributed by atoms with E-state index in [1.165, 1.54) is 135 Å². The van der Waals surface area contributed by atoms with Crippen LogP contribution in [0.15, 0.2) is 48.6 Å². The van der Waals surface area contributed by atoms with Gasteiger partial charge in [0.1, 0.15) is 0 Å². The molecule has 0 saturated heterocycles. The zero-order valence-electron chi connectivity index (χ0n) is 37.6. The molecule has 332 valence electrons. The predicted octanol–water partition coefficient (Wildman–Crippen LogP) is 14.3. The maximum atomic E-state index is 12.4. The van der Waals surface area contributed by atoms with Crippen LogP contribution >= 0.6 is 0 Å². The van der Waals surface area contributed by atoms with Crippen molar-refractivity contribution in [3.8, 4) is 0 Å². The van der Waals surface area contributed by atoms with Gasteiger partial charge in [-0.25, -0.2) is 0 Å². The standard InChI is InChI=1S/C51H93NO5/c1-3-5-7-9-11-13-15-17-21-25-29-33-37-41-45-51(56)57-46-42-38-34-30-26-22-18-20-24-28-32-36-40-44-50(55)52-48(47-53)49(54)43-39-35-31-27-23-19-16-14-12-10-8-6-4-2/h9,11,15,17,20,24,32,36,48-49,53-54H,3-8,10,12-14,16,18-19,21-23,25-31,33-35,37-47H2,1-2H3,(H,52,55)/b11-9-,17-15-,24-20-,36-32-. The highest BCUT2D eigenvalue weighted by Crippen LogP contribution is 2.15. The van der Waals surface area contributed by atoms with E-state index in [2.05, 4.69) is 61.7 Å². The Balaban J connectivity index is 3.58. The topological polar surface area (TPSA) is 95.9 Å². The largest absolute Gasteiger partial charge is 0.466 e. The summed E-state index contributed by atoms with van der Waals surface area (Å²) in [7, 11) is 0. The molecule has 0 bridgehead atoms. The lowest BCUT2D eigenvalue weighted by Gasteiger charge is -2.22. The smallest absolute Gasteiger partial charge is 0.305 e. The molecule has 0 saturated carbocycles. The van der Waals surface area contributed by atoms with E-state index >= 15 is 0 Å². The van der Waals surface area contributed by atoms with Crippen molar-refractivity contribution in [2.24, 2.45) is 0 Å². The zero-order chi connectivity index (χ0) is 41.5. The number of unbranched alkanes of at least 4 members (excludes halogenated alkanes) is 25. The van der Waals surface area contributed by atoms with E-state index in [4.69, 9.17) is 4.74 Å². The van der Waals surface area contributed by atoms with Crippen LogP contribution in [0.4, 0.5) is 0 Å². The molecule has 0 aromatic heterocycles. The number of carbonyl (C=O) groups is 2. The first kappa shape index (κ1) is 54.8. The third-order valence-corrected chi connectivity index (χ3v) is 10.9. The van der Waals surface area contributed by atoms with Crippen molar-refractivity contribution < 1.29 is 24.5 Å². The molecular formula is C51H93NO5. The van der Waals surface area contributed by atoms with E-state index in [9.17, 15) is 19.8 Å². The van der Waals surface area contributed by atoms with Crippen LogP contribution in [0, 0.1) is 0 Å². The molecule has 0 rings (SSSR count). The van der Waals surface area contributed by atoms with Gasteiger partial charge in [-0.3, -0.25) is 9.59 Å². The van der Waals surface area contributed by atoms with Crippen molar-refractivity contribution in [3.05, 3.63) is 48.6 Å². The monoisotopic (exact) mass is 800 g/mol. The highest BCUT2D eigenvalue weighted by molar-refractivity contribution is 5.76. The summed E-state index contributed by atoms with van der Waals surface area (Å²) in [5, 5.41) is 23.1. The van der Waals surface area contributed by atoms with Crippen LogP contribution in [-0.4, -0.2) is 47.4 Å². The summed E-state index contributed by atoms with van der Waals surface area (Å²) < 4.78 is 5.43. The molecule has 2 atom stereocenters. The summed E-state index contributed by atoms with van der Waals surface area (Å²) in [4.78, 5) is 24.4. The van der Waals surface area contributed by atoms with Gasteiger partial charge in [0, 0.05) is 12.8 Å². The summed E-state index contributed by atoms with van der Waals surface area (Å²) in [5.74, 6) is -0.151. The van der Waals surface area contributed by atoms with Gasteiger partial charge in [0.25, 0.3) is 0 Å². The molecule has 0 aromatic rings. The molecule has 0 heterocycles. The molecule has 0 aliphatic heterocycles. The van der Waals surface area contributed by atoms with E-state index < -0.39 is 12.1 Å². The minimum absolute atomic E-state index is 0.0327. The van der Waals surface area contributed by atoms with E-state index in [1.54, 1.807) is 0 Å². The third kappa shape index (κ3) is 43.2. The minimum atomic E-state index is -0.699. The number of ether oxygens (including phenoxy) is 1. The summed E-state index contributed by atoms with van der Waals surface area (Å²) >= 11 is 0. The first-order chi connectivity index (χ1) is 28.0. The summed E-state index contributed by atoms with van der Waals surface area (Å²) in [6.45, 7) is 4.82. The minimum Gasteiger partial charge on any atom is -0.466 e. The van der Waals surface area contributed by atoms with Crippen LogP contribution in [0.3, 0.4) is 0 Å². The van der Waals surface area contributed by atoms with Gasteiger partial charge >= 0.3 is 5.97 Å². The van der Waals surface area contributed by atoms with E-state index in [0.29, 0.717) is 32.3 Å². The average molecular weight is 800 g/mol. The second kappa shape index (κ2) is 46.5. The molecule has 0 aromatic carbocycles. The molecule has 0 fully saturated rings. The predicted molar refractivity (Wildman–Crippen MR) is 245 cm³/mol. The molecule has 2 unspecified atom stereocenters. The quantitative estimate of drug-likeness (QED) is 0.0324. The molecule has 0 aliphatic rings. The molecule has 0 aliphatic carbocycles. The van der Waals surface area contributed by atoms with Crippen LogP contribution in [0.5, 0.6) is 0 Å². The van der Waals surface area contributed by atoms with Crippen molar-refractivity contribution in [1.82, 2.24) is 5.32 Å². The lowest BCUT2D eigenvalue weighted by Crippen LogP contribution is -2.45. The molecule has 6 nitrogen and oxygen atoms in total. The summed E-state index contributed by atoms with van der Waals surface area (Å²) in [6.07, 6.45) is 56.5. The van der Waals surface area contributed by atoms with Crippen LogP contribution in [0.1, 0.15) is 239 Å². The van der Waals surface area contributed by atoms with Crippen LogP contribution in [-0.2, 0) is 14.3 Å². The van der Waals surface area contributed by atoms with E-state index in [1.807, 2.05) is 6.08 Å². The molecule has 0 spiro atoms. The Kier molecular flexibility index (Phi) is 44.7. The first-order valence-corrected chi connectivity index (χ1v) is 24.4. The SMILES string of the molecule is CCCC/C=C\C/C=C\CCCCCCCC(=O)OCCCCCCCC/C=C\C/C=C\CCC(=O)NC(CO)C(O)CCCCCCCCCCCCCCC. The fourth-order valence-electron chi connectivity index (χ4n) is 7.06. The van der Waals surface area contributed by atoms with Gasteiger partial charge in [-0.05, 0) is 70.6 Å². The summed E-state index contributed by atoms with van der Waals surface area (Å²) in [6, 6.07) is -0.586. The number of amides is 1. The zero-order valence-corrected chi connectivity index (χ0v) is 37.6. The number of aliphatic hydroxyl groups is 2. The lowest BCUT2D eigenvalue weighted by atomic mass is 10.0. The number of nitrogens with one attached hydrogen (secondary N) is 1. The van der Waals surface area contributed by atoms with Gasteiger partial charge in [0.15, 0.2) is 0 Å². The van der Waals surface area contributed by atoms with Crippen molar-refractivity contribution in [2.75, 3.05) is 13.2 Å². The van der Waals surface area contributed by atoms with Gasteiger partial charge in [-0.1, -0.05) is 204 Å². The Hall–Kier alpha value is -2.18. The van der Waals surface area contributed by atoms with Crippen molar-refractivity contribution in [2.45, 2.75) is 251 Å².